The van der Waals surface area contributed by atoms with Gasteiger partial charge in [-0.1, -0.05) is 30.9 Å². The lowest BCUT2D eigenvalue weighted by molar-refractivity contribution is 0.373. The number of hydrogen-bond acceptors (Lipinski definition) is 4. The van der Waals surface area contributed by atoms with Crippen molar-refractivity contribution in [2.24, 2.45) is 5.92 Å². The van der Waals surface area contributed by atoms with Crippen LogP contribution >= 0.6 is 11.6 Å². The molecule has 1 saturated carbocycles. The topological polar surface area (TPSA) is 49.8 Å². The maximum absolute atomic E-state index is 6.06. The predicted molar refractivity (Wildman–Crippen MR) is 71.7 cm³/mol. The van der Waals surface area contributed by atoms with E-state index in [-0.39, 0.29) is 0 Å². The average molecular weight is 255 g/mol. The first kappa shape index (κ1) is 12.4. The van der Waals surface area contributed by atoms with Gasteiger partial charge in [0.15, 0.2) is 0 Å². The van der Waals surface area contributed by atoms with Crippen LogP contribution in [-0.2, 0) is 0 Å². The molecule has 1 heterocycles. The third kappa shape index (κ3) is 3.46. The Bertz CT molecular complexity index is 364. The number of anilines is 2. The monoisotopic (exact) mass is 254 g/mol. The molecule has 1 aromatic rings. The summed E-state index contributed by atoms with van der Waals surface area (Å²) >= 11 is 6.06. The Kier molecular flexibility index (Phi) is 4.42. The average Bonchev–Trinajstić information content (AvgIpc) is 2.39. The molecule has 0 bridgehead atoms. The molecular formula is C12H19ClN4. The lowest BCUT2D eigenvalue weighted by Crippen LogP contribution is -2.18. The number of nitrogens with zero attached hydrogens (tertiary/aromatic N) is 2. The van der Waals surface area contributed by atoms with Crippen molar-refractivity contribution < 1.29 is 0 Å². The summed E-state index contributed by atoms with van der Waals surface area (Å²) in [6.07, 6.45) is 8.35. The zero-order chi connectivity index (χ0) is 12.1. The van der Waals surface area contributed by atoms with Crippen molar-refractivity contribution in [3.63, 3.8) is 0 Å². The minimum absolute atomic E-state index is 0.583. The molecule has 0 atom stereocenters. The zero-order valence-electron chi connectivity index (χ0n) is 10.2. The number of halogens is 1. The first-order chi connectivity index (χ1) is 8.29. The van der Waals surface area contributed by atoms with Crippen LogP contribution in [0.5, 0.6) is 0 Å². The second-order valence-corrected chi connectivity index (χ2v) is 4.93. The largest absolute Gasteiger partial charge is 0.368 e. The third-order valence-electron chi connectivity index (χ3n) is 3.25. The van der Waals surface area contributed by atoms with Crippen molar-refractivity contribution in [3.8, 4) is 0 Å². The van der Waals surface area contributed by atoms with Crippen LogP contribution in [0.15, 0.2) is 6.20 Å². The molecule has 1 aliphatic rings. The minimum Gasteiger partial charge on any atom is -0.368 e. The van der Waals surface area contributed by atoms with Crippen LogP contribution in [0.1, 0.15) is 32.1 Å². The van der Waals surface area contributed by atoms with E-state index in [9.17, 15) is 0 Å². The van der Waals surface area contributed by atoms with Gasteiger partial charge in [-0.3, -0.25) is 0 Å². The van der Waals surface area contributed by atoms with Crippen molar-refractivity contribution in [3.05, 3.63) is 11.2 Å². The minimum atomic E-state index is 0.583. The van der Waals surface area contributed by atoms with Crippen molar-refractivity contribution in [1.29, 1.82) is 0 Å². The van der Waals surface area contributed by atoms with Crippen LogP contribution in [-0.4, -0.2) is 23.6 Å². The molecule has 5 heteroatoms. The van der Waals surface area contributed by atoms with Gasteiger partial charge in [0.1, 0.15) is 10.8 Å². The maximum Gasteiger partial charge on any atom is 0.224 e. The van der Waals surface area contributed by atoms with Gasteiger partial charge in [0, 0.05) is 13.6 Å². The fourth-order valence-electron chi connectivity index (χ4n) is 2.24. The fourth-order valence-corrected chi connectivity index (χ4v) is 2.40. The molecule has 94 valence electrons. The second-order valence-electron chi connectivity index (χ2n) is 4.53. The van der Waals surface area contributed by atoms with E-state index in [4.69, 9.17) is 11.6 Å². The van der Waals surface area contributed by atoms with Crippen LogP contribution < -0.4 is 10.6 Å². The van der Waals surface area contributed by atoms with E-state index in [1.807, 2.05) is 0 Å². The number of nitrogens with one attached hydrogen (secondary N) is 2. The van der Waals surface area contributed by atoms with Crippen LogP contribution in [0.3, 0.4) is 0 Å². The second kappa shape index (κ2) is 6.05. The van der Waals surface area contributed by atoms with Gasteiger partial charge in [0.25, 0.3) is 0 Å². The summed E-state index contributed by atoms with van der Waals surface area (Å²) in [5.41, 5.74) is 0. The van der Waals surface area contributed by atoms with Gasteiger partial charge in [-0.05, 0) is 18.8 Å². The van der Waals surface area contributed by atoms with Gasteiger partial charge >= 0.3 is 0 Å². The van der Waals surface area contributed by atoms with Gasteiger partial charge in [0.05, 0.1) is 6.20 Å². The predicted octanol–water partition coefficient (Wildman–Crippen LogP) is 3.16. The van der Waals surface area contributed by atoms with Crippen molar-refractivity contribution in [2.75, 3.05) is 24.2 Å². The van der Waals surface area contributed by atoms with Crippen molar-refractivity contribution >= 4 is 23.4 Å². The van der Waals surface area contributed by atoms with Crippen molar-refractivity contribution in [2.45, 2.75) is 32.1 Å². The molecule has 2 N–H and O–H groups in total. The van der Waals surface area contributed by atoms with Gasteiger partial charge in [-0.2, -0.15) is 4.98 Å². The standard InChI is InChI=1S/C12H19ClN4/c1-14-12-16-8-10(13)11(17-12)15-7-9-5-3-2-4-6-9/h8-9H,2-7H2,1H3,(H2,14,15,16,17). The van der Waals surface area contributed by atoms with Crippen LogP contribution in [0, 0.1) is 5.92 Å². The van der Waals surface area contributed by atoms with E-state index in [1.54, 1.807) is 13.2 Å². The van der Waals surface area contributed by atoms with E-state index in [1.165, 1.54) is 32.1 Å². The molecule has 17 heavy (non-hydrogen) atoms. The molecule has 0 unspecified atom stereocenters. The van der Waals surface area contributed by atoms with Gasteiger partial charge in [-0.15, -0.1) is 0 Å². The number of aromatic nitrogens is 2. The molecule has 1 fully saturated rings. The Hall–Kier alpha value is -1.03. The molecule has 4 nitrogen and oxygen atoms in total. The van der Waals surface area contributed by atoms with E-state index in [2.05, 4.69) is 20.6 Å². The van der Waals surface area contributed by atoms with E-state index in [0.717, 1.165) is 18.3 Å². The van der Waals surface area contributed by atoms with Crippen LogP contribution in [0.25, 0.3) is 0 Å². The lowest BCUT2D eigenvalue weighted by atomic mass is 9.89. The summed E-state index contributed by atoms with van der Waals surface area (Å²) in [5.74, 6) is 2.09. The molecule has 0 aliphatic heterocycles. The smallest absolute Gasteiger partial charge is 0.224 e. The molecule has 2 rings (SSSR count). The number of hydrogen-bond donors (Lipinski definition) is 2. The Morgan fingerprint density at radius 3 is 2.82 bits per heavy atom. The molecule has 0 aromatic carbocycles. The summed E-state index contributed by atoms with van der Waals surface area (Å²) in [4.78, 5) is 8.37. The summed E-state index contributed by atoms with van der Waals surface area (Å²) < 4.78 is 0. The first-order valence-electron chi connectivity index (χ1n) is 6.23. The highest BCUT2D eigenvalue weighted by Crippen LogP contribution is 2.25. The highest BCUT2D eigenvalue weighted by atomic mass is 35.5. The Labute approximate surface area is 107 Å². The number of rotatable bonds is 4. The van der Waals surface area contributed by atoms with Gasteiger partial charge in [0.2, 0.25) is 5.95 Å². The molecule has 0 radical (unpaired) electrons. The van der Waals surface area contributed by atoms with Gasteiger partial charge < -0.3 is 10.6 Å². The summed E-state index contributed by atoms with van der Waals surface area (Å²) in [6, 6.07) is 0. The van der Waals surface area contributed by atoms with E-state index in [0.29, 0.717) is 11.0 Å². The lowest BCUT2D eigenvalue weighted by Gasteiger charge is -2.22. The maximum atomic E-state index is 6.06. The Morgan fingerprint density at radius 1 is 1.35 bits per heavy atom. The molecule has 0 spiro atoms. The van der Waals surface area contributed by atoms with E-state index < -0.39 is 0 Å². The summed E-state index contributed by atoms with van der Waals surface area (Å²) in [6.45, 7) is 0.958. The summed E-state index contributed by atoms with van der Waals surface area (Å²) in [7, 11) is 1.80. The normalized spacial score (nSPS) is 16.8. The SMILES string of the molecule is CNc1ncc(Cl)c(NCC2CCCCC2)n1. The van der Waals surface area contributed by atoms with E-state index >= 15 is 0 Å². The third-order valence-corrected chi connectivity index (χ3v) is 3.53. The van der Waals surface area contributed by atoms with Crippen molar-refractivity contribution in [1.82, 2.24) is 9.97 Å². The molecule has 1 aromatic heterocycles. The first-order valence-corrected chi connectivity index (χ1v) is 6.61. The molecule has 0 saturated heterocycles. The molecular weight excluding hydrogens is 236 g/mol. The molecule has 1 aliphatic carbocycles. The van der Waals surface area contributed by atoms with Gasteiger partial charge in [-0.25, -0.2) is 4.98 Å². The van der Waals surface area contributed by atoms with Crippen LogP contribution in [0.2, 0.25) is 5.02 Å². The fraction of sp³-hybridized carbons (Fsp3) is 0.667. The highest BCUT2D eigenvalue weighted by molar-refractivity contribution is 6.32. The molecule has 0 amide bonds. The van der Waals surface area contributed by atoms with Crippen LogP contribution in [0.4, 0.5) is 11.8 Å². The summed E-state index contributed by atoms with van der Waals surface area (Å²) in [5, 5.41) is 6.83. The highest BCUT2D eigenvalue weighted by Gasteiger charge is 2.14. The quantitative estimate of drug-likeness (QED) is 0.867. The Balaban J connectivity index is 1.92. The zero-order valence-corrected chi connectivity index (χ0v) is 10.9. The Morgan fingerprint density at radius 2 is 2.12 bits per heavy atom.